The van der Waals surface area contributed by atoms with Gasteiger partial charge < -0.3 is 15.2 Å². The summed E-state index contributed by atoms with van der Waals surface area (Å²) in [4.78, 5) is 18.7. The number of aromatic nitrogens is 2. The first-order chi connectivity index (χ1) is 12.4. The Kier molecular flexibility index (Phi) is 7.33. The molecule has 0 bridgehead atoms. The topological polar surface area (TPSA) is 85.2 Å². The Morgan fingerprint density at radius 1 is 1.48 bits per heavy atom. The first-order valence-electron chi connectivity index (χ1n) is 9.06. The molecule has 2 unspecified atom stereocenters. The van der Waals surface area contributed by atoms with E-state index in [1.807, 2.05) is 11.8 Å². The Hall–Kier alpha value is -1.99. The van der Waals surface area contributed by atoms with Crippen molar-refractivity contribution in [3.63, 3.8) is 0 Å². The van der Waals surface area contributed by atoms with E-state index in [9.17, 15) is 9.18 Å². The van der Waals surface area contributed by atoms with Crippen molar-refractivity contribution in [1.29, 1.82) is 0 Å². The molecule has 2 atom stereocenters. The summed E-state index contributed by atoms with van der Waals surface area (Å²) < 4.78 is 18.6. The fourth-order valence-corrected chi connectivity index (χ4v) is 3.30. The minimum Gasteiger partial charge on any atom is -0.342 e. The smallest absolute Gasteiger partial charge is 0.227 e. The van der Waals surface area contributed by atoms with E-state index in [0.717, 1.165) is 25.9 Å². The van der Waals surface area contributed by atoms with E-state index in [4.69, 9.17) is 10.3 Å². The molecule has 1 aromatic carbocycles. The van der Waals surface area contributed by atoms with Crippen LogP contribution in [0.25, 0.3) is 11.4 Å². The van der Waals surface area contributed by atoms with Gasteiger partial charge in [0.25, 0.3) is 0 Å². The molecule has 0 saturated carbocycles. The average Bonchev–Trinajstić information content (AvgIpc) is 3.11. The highest BCUT2D eigenvalue weighted by Crippen LogP contribution is 2.21. The maximum atomic E-state index is 13.4. The number of halogens is 2. The first-order valence-corrected chi connectivity index (χ1v) is 9.06. The maximum absolute atomic E-state index is 13.4. The van der Waals surface area contributed by atoms with Crippen LogP contribution in [0.5, 0.6) is 0 Å². The number of rotatable bonds is 5. The average molecular weight is 397 g/mol. The highest BCUT2D eigenvalue weighted by Gasteiger charge is 2.25. The number of hydrogen-bond donors (Lipinski definition) is 1. The van der Waals surface area contributed by atoms with Gasteiger partial charge in [-0.15, -0.1) is 12.4 Å². The molecule has 8 heteroatoms. The van der Waals surface area contributed by atoms with Crippen molar-refractivity contribution in [3.8, 4) is 11.4 Å². The Morgan fingerprint density at radius 2 is 2.26 bits per heavy atom. The molecule has 6 nitrogen and oxygen atoms in total. The molecule has 1 aromatic heterocycles. The van der Waals surface area contributed by atoms with Gasteiger partial charge in [0.15, 0.2) is 0 Å². The Morgan fingerprint density at radius 3 is 2.96 bits per heavy atom. The third kappa shape index (κ3) is 5.26. The van der Waals surface area contributed by atoms with Gasteiger partial charge in [-0.3, -0.25) is 4.79 Å². The fourth-order valence-electron chi connectivity index (χ4n) is 3.30. The van der Waals surface area contributed by atoms with Crippen molar-refractivity contribution in [2.24, 2.45) is 11.7 Å². The number of nitrogens with two attached hydrogens (primary N) is 1. The number of nitrogens with zero attached hydrogens (tertiary/aromatic N) is 3. The van der Waals surface area contributed by atoms with E-state index in [-0.39, 0.29) is 30.2 Å². The summed E-state index contributed by atoms with van der Waals surface area (Å²) in [5.74, 6) is 1.01. The quantitative estimate of drug-likeness (QED) is 0.839. The van der Waals surface area contributed by atoms with Gasteiger partial charge in [-0.1, -0.05) is 5.16 Å². The van der Waals surface area contributed by atoms with Crippen LogP contribution in [0.3, 0.4) is 0 Å². The van der Waals surface area contributed by atoms with Crippen LogP contribution in [0.1, 0.15) is 37.6 Å². The second-order valence-corrected chi connectivity index (χ2v) is 7.08. The molecule has 27 heavy (non-hydrogen) atoms. The number of benzene rings is 1. The van der Waals surface area contributed by atoms with Gasteiger partial charge in [0.2, 0.25) is 17.6 Å². The molecule has 1 aliphatic heterocycles. The van der Waals surface area contributed by atoms with Crippen molar-refractivity contribution < 1.29 is 13.7 Å². The van der Waals surface area contributed by atoms with Crippen molar-refractivity contribution in [3.05, 3.63) is 35.5 Å². The molecule has 0 spiro atoms. The monoisotopic (exact) mass is 396 g/mol. The molecule has 0 radical (unpaired) electrons. The number of likely N-dealkylation sites (tertiary alicyclic amines) is 1. The molecule has 0 aliphatic carbocycles. The minimum absolute atomic E-state index is 0. The first kappa shape index (κ1) is 21.3. The standard InChI is InChI=1S/C19H25FN4O2.ClH/c1-12-10-14(5-6-16(12)20)19-22-17(26-23-19)7-8-18(25)24-9-3-4-15(11-24)13(2)21;/h5-6,10,13,15H,3-4,7-9,11,21H2,1-2H3;1H. The van der Waals surface area contributed by atoms with Crippen LogP contribution >= 0.6 is 12.4 Å². The van der Waals surface area contributed by atoms with Gasteiger partial charge >= 0.3 is 0 Å². The van der Waals surface area contributed by atoms with Gasteiger partial charge in [0, 0.05) is 37.5 Å². The van der Waals surface area contributed by atoms with Gasteiger partial charge in [-0.25, -0.2) is 4.39 Å². The van der Waals surface area contributed by atoms with E-state index in [0.29, 0.717) is 41.6 Å². The lowest BCUT2D eigenvalue weighted by Crippen LogP contribution is -2.45. The molecule has 2 heterocycles. The lowest BCUT2D eigenvalue weighted by atomic mass is 9.92. The third-order valence-corrected chi connectivity index (χ3v) is 4.99. The highest BCUT2D eigenvalue weighted by atomic mass is 35.5. The lowest BCUT2D eigenvalue weighted by molar-refractivity contribution is -0.133. The number of hydrogen-bond acceptors (Lipinski definition) is 5. The van der Waals surface area contributed by atoms with Crippen LogP contribution in [-0.4, -0.2) is 40.1 Å². The highest BCUT2D eigenvalue weighted by molar-refractivity contribution is 5.85. The zero-order valence-electron chi connectivity index (χ0n) is 15.7. The molecular weight excluding hydrogens is 371 g/mol. The molecule has 3 rings (SSSR count). The number of carbonyl (C=O) groups excluding carboxylic acids is 1. The summed E-state index contributed by atoms with van der Waals surface area (Å²) in [5, 5.41) is 3.93. The summed E-state index contributed by atoms with van der Waals surface area (Å²) >= 11 is 0. The van der Waals surface area contributed by atoms with Gasteiger partial charge in [0.05, 0.1) is 0 Å². The van der Waals surface area contributed by atoms with Crippen LogP contribution in [0, 0.1) is 18.7 Å². The predicted molar refractivity (Wildman–Crippen MR) is 103 cm³/mol. The van der Waals surface area contributed by atoms with Crippen LogP contribution < -0.4 is 5.73 Å². The molecule has 1 aliphatic rings. The summed E-state index contributed by atoms with van der Waals surface area (Å²) in [7, 11) is 0. The number of carbonyl (C=O) groups is 1. The van der Waals surface area contributed by atoms with Crippen LogP contribution in [0.2, 0.25) is 0 Å². The Bertz CT molecular complexity index is 781. The second kappa shape index (κ2) is 9.28. The summed E-state index contributed by atoms with van der Waals surface area (Å²) in [6.45, 7) is 5.19. The summed E-state index contributed by atoms with van der Waals surface area (Å²) in [6, 6.07) is 4.78. The summed E-state index contributed by atoms with van der Waals surface area (Å²) in [5.41, 5.74) is 7.20. The number of amides is 1. The molecule has 1 fully saturated rings. The van der Waals surface area contributed by atoms with E-state index in [1.54, 1.807) is 19.1 Å². The Balaban J connectivity index is 0.00000261. The Labute approximate surface area is 164 Å². The van der Waals surface area contributed by atoms with Crippen LogP contribution in [0.4, 0.5) is 4.39 Å². The fraction of sp³-hybridized carbons (Fsp3) is 0.526. The van der Waals surface area contributed by atoms with Crippen LogP contribution in [0.15, 0.2) is 22.7 Å². The molecule has 2 N–H and O–H groups in total. The largest absolute Gasteiger partial charge is 0.342 e. The molecule has 1 saturated heterocycles. The van der Waals surface area contributed by atoms with Gasteiger partial charge in [-0.2, -0.15) is 4.98 Å². The van der Waals surface area contributed by atoms with E-state index in [2.05, 4.69) is 10.1 Å². The maximum Gasteiger partial charge on any atom is 0.227 e. The predicted octanol–water partition coefficient (Wildman–Crippen LogP) is 3.12. The zero-order chi connectivity index (χ0) is 18.7. The minimum atomic E-state index is -0.269. The van der Waals surface area contributed by atoms with Crippen LogP contribution in [-0.2, 0) is 11.2 Å². The van der Waals surface area contributed by atoms with Crippen molar-refractivity contribution in [2.75, 3.05) is 13.1 Å². The van der Waals surface area contributed by atoms with Crippen molar-refractivity contribution in [1.82, 2.24) is 15.0 Å². The third-order valence-electron chi connectivity index (χ3n) is 4.99. The molecule has 1 amide bonds. The number of aryl methyl sites for hydroxylation is 2. The van der Waals surface area contributed by atoms with Gasteiger partial charge in [-0.05, 0) is 56.4 Å². The van der Waals surface area contributed by atoms with Crippen molar-refractivity contribution in [2.45, 2.75) is 45.6 Å². The van der Waals surface area contributed by atoms with E-state index < -0.39 is 0 Å². The molecule has 148 valence electrons. The second-order valence-electron chi connectivity index (χ2n) is 7.08. The van der Waals surface area contributed by atoms with Gasteiger partial charge in [0.1, 0.15) is 5.82 Å². The SMILES string of the molecule is Cc1cc(-c2noc(CCC(=O)N3CCCC(C(C)N)C3)n2)ccc1F.Cl. The molecular formula is C19H26ClFN4O2. The van der Waals surface area contributed by atoms with E-state index in [1.165, 1.54) is 6.07 Å². The van der Waals surface area contributed by atoms with E-state index >= 15 is 0 Å². The summed E-state index contributed by atoms with van der Waals surface area (Å²) in [6.07, 6.45) is 2.79. The normalized spacial score (nSPS) is 18.1. The lowest BCUT2D eigenvalue weighted by Gasteiger charge is -2.34. The molecule has 2 aromatic rings. The zero-order valence-corrected chi connectivity index (χ0v) is 16.5. The van der Waals surface area contributed by atoms with Crippen molar-refractivity contribution >= 4 is 18.3 Å². The number of piperidine rings is 1.